The standard InChI is InChI=1S/C18H22BrN3O2/c19-11-4-9-16-15(10-11)21-18(14-2-1-3-17(24)20-14)22(16)12-5-7-13(23)8-6-12/h4,9-10,12-14,23H,1-3,5-8H2,(H,20,24)/t12-,13-,14-/m0/s1. The lowest BCUT2D eigenvalue weighted by Crippen LogP contribution is -2.35. The van der Waals surface area contributed by atoms with Gasteiger partial charge in [0.2, 0.25) is 5.91 Å². The molecule has 2 fully saturated rings. The summed E-state index contributed by atoms with van der Waals surface area (Å²) in [4.78, 5) is 16.7. The Morgan fingerprint density at radius 3 is 2.75 bits per heavy atom. The Balaban J connectivity index is 1.79. The van der Waals surface area contributed by atoms with Crippen LogP contribution in [-0.4, -0.2) is 26.7 Å². The summed E-state index contributed by atoms with van der Waals surface area (Å²) in [5, 5.41) is 13.0. The zero-order valence-corrected chi connectivity index (χ0v) is 15.1. The summed E-state index contributed by atoms with van der Waals surface area (Å²) in [5.41, 5.74) is 2.08. The molecule has 1 aromatic heterocycles. The summed E-state index contributed by atoms with van der Waals surface area (Å²) < 4.78 is 3.34. The third-order valence-corrected chi connectivity index (χ3v) is 5.75. The fraction of sp³-hybridized carbons (Fsp3) is 0.556. The zero-order valence-electron chi connectivity index (χ0n) is 13.5. The number of fused-ring (bicyclic) bond motifs is 1. The van der Waals surface area contributed by atoms with E-state index >= 15 is 0 Å². The first-order valence-electron chi connectivity index (χ1n) is 8.76. The molecule has 1 aliphatic carbocycles. The Bertz CT molecular complexity index is 765. The molecule has 1 saturated carbocycles. The van der Waals surface area contributed by atoms with E-state index < -0.39 is 0 Å². The van der Waals surface area contributed by atoms with Gasteiger partial charge in [-0.1, -0.05) is 15.9 Å². The number of hydrogen-bond donors (Lipinski definition) is 2. The highest BCUT2D eigenvalue weighted by atomic mass is 79.9. The van der Waals surface area contributed by atoms with Crippen LogP contribution in [0.2, 0.25) is 0 Å². The number of aliphatic hydroxyl groups is 1. The molecule has 5 nitrogen and oxygen atoms in total. The Morgan fingerprint density at radius 1 is 1.21 bits per heavy atom. The van der Waals surface area contributed by atoms with Gasteiger partial charge in [0.15, 0.2) is 0 Å². The minimum Gasteiger partial charge on any atom is -0.393 e. The van der Waals surface area contributed by atoms with E-state index in [0.29, 0.717) is 12.5 Å². The number of carbonyl (C=O) groups excluding carboxylic acids is 1. The molecule has 0 radical (unpaired) electrons. The number of benzene rings is 1. The third kappa shape index (κ3) is 2.97. The molecule has 1 aliphatic heterocycles. The second kappa shape index (κ2) is 6.48. The van der Waals surface area contributed by atoms with Gasteiger partial charge < -0.3 is 15.0 Å². The molecular formula is C18H22BrN3O2. The van der Waals surface area contributed by atoms with Gasteiger partial charge in [-0.3, -0.25) is 4.79 Å². The number of nitrogens with one attached hydrogen (secondary N) is 1. The number of carbonyl (C=O) groups is 1. The Labute approximate surface area is 149 Å². The first-order chi connectivity index (χ1) is 11.6. The topological polar surface area (TPSA) is 67.2 Å². The van der Waals surface area contributed by atoms with Crippen molar-refractivity contribution in [2.75, 3.05) is 0 Å². The summed E-state index contributed by atoms with van der Waals surface area (Å²) in [6.07, 6.45) is 5.85. The molecule has 0 bridgehead atoms. The monoisotopic (exact) mass is 391 g/mol. The number of halogens is 1. The minimum atomic E-state index is -0.178. The lowest BCUT2D eigenvalue weighted by molar-refractivity contribution is -0.123. The maximum Gasteiger partial charge on any atom is 0.220 e. The summed E-state index contributed by atoms with van der Waals surface area (Å²) in [5.74, 6) is 1.09. The van der Waals surface area contributed by atoms with Crippen LogP contribution in [0, 0.1) is 0 Å². The van der Waals surface area contributed by atoms with Crippen LogP contribution >= 0.6 is 15.9 Å². The zero-order chi connectivity index (χ0) is 16.7. The quantitative estimate of drug-likeness (QED) is 0.821. The SMILES string of the molecule is O=C1CCC[C@@H](c2nc3cc(Br)ccc3n2[C@H]2CC[C@H](O)CC2)N1. The average Bonchev–Trinajstić information content (AvgIpc) is 2.94. The number of rotatable bonds is 2. The summed E-state index contributed by atoms with van der Waals surface area (Å²) >= 11 is 3.52. The van der Waals surface area contributed by atoms with Gasteiger partial charge >= 0.3 is 0 Å². The van der Waals surface area contributed by atoms with Crippen LogP contribution in [0.5, 0.6) is 0 Å². The summed E-state index contributed by atoms with van der Waals surface area (Å²) in [7, 11) is 0. The lowest BCUT2D eigenvalue weighted by Gasteiger charge is -2.31. The summed E-state index contributed by atoms with van der Waals surface area (Å²) in [6, 6.07) is 6.52. The van der Waals surface area contributed by atoms with Crippen LogP contribution in [0.1, 0.15) is 62.9 Å². The number of aromatic nitrogens is 2. The molecule has 1 atom stereocenters. The molecule has 2 N–H and O–H groups in total. The molecule has 2 aliphatic rings. The normalized spacial score (nSPS) is 28.1. The number of aliphatic hydroxyl groups excluding tert-OH is 1. The second-order valence-electron chi connectivity index (χ2n) is 6.95. The number of imidazole rings is 1. The molecule has 128 valence electrons. The lowest BCUT2D eigenvalue weighted by atomic mass is 9.92. The van der Waals surface area contributed by atoms with Crippen molar-refractivity contribution in [2.24, 2.45) is 0 Å². The van der Waals surface area contributed by atoms with Crippen LogP contribution in [-0.2, 0) is 4.79 Å². The van der Waals surface area contributed by atoms with Crippen molar-refractivity contribution in [1.29, 1.82) is 0 Å². The highest BCUT2D eigenvalue weighted by molar-refractivity contribution is 9.10. The van der Waals surface area contributed by atoms with Crippen LogP contribution < -0.4 is 5.32 Å². The van der Waals surface area contributed by atoms with E-state index in [0.717, 1.165) is 59.9 Å². The van der Waals surface area contributed by atoms with Crippen molar-refractivity contribution >= 4 is 32.9 Å². The smallest absolute Gasteiger partial charge is 0.220 e. The van der Waals surface area contributed by atoms with Gasteiger partial charge in [-0.05, 0) is 56.7 Å². The average molecular weight is 392 g/mol. The van der Waals surface area contributed by atoms with Crippen LogP contribution in [0.25, 0.3) is 11.0 Å². The molecule has 1 saturated heterocycles. The third-order valence-electron chi connectivity index (χ3n) is 5.25. The molecule has 4 rings (SSSR count). The predicted octanol–water partition coefficient (Wildman–Crippen LogP) is 3.62. The van der Waals surface area contributed by atoms with Gasteiger partial charge in [-0.15, -0.1) is 0 Å². The Kier molecular flexibility index (Phi) is 4.35. The largest absolute Gasteiger partial charge is 0.393 e. The van der Waals surface area contributed by atoms with Gasteiger partial charge in [0, 0.05) is 16.9 Å². The second-order valence-corrected chi connectivity index (χ2v) is 7.86. The van der Waals surface area contributed by atoms with Crippen molar-refractivity contribution < 1.29 is 9.90 Å². The van der Waals surface area contributed by atoms with E-state index in [4.69, 9.17) is 4.98 Å². The number of hydrogen-bond acceptors (Lipinski definition) is 3. The first kappa shape index (κ1) is 16.1. The van der Waals surface area contributed by atoms with Crippen molar-refractivity contribution in [1.82, 2.24) is 14.9 Å². The first-order valence-corrected chi connectivity index (χ1v) is 9.56. The highest BCUT2D eigenvalue weighted by Gasteiger charge is 2.30. The minimum absolute atomic E-state index is 0.00993. The fourth-order valence-corrected chi connectivity index (χ4v) is 4.38. The van der Waals surface area contributed by atoms with Gasteiger partial charge in [-0.2, -0.15) is 0 Å². The van der Waals surface area contributed by atoms with Gasteiger partial charge in [0.25, 0.3) is 0 Å². The summed E-state index contributed by atoms with van der Waals surface area (Å²) in [6.45, 7) is 0. The molecule has 2 aromatic rings. The molecule has 0 unspecified atom stereocenters. The molecule has 6 heteroatoms. The van der Waals surface area contributed by atoms with Gasteiger partial charge in [0.05, 0.1) is 23.2 Å². The van der Waals surface area contributed by atoms with E-state index in [2.05, 4.69) is 31.9 Å². The predicted molar refractivity (Wildman–Crippen MR) is 95.7 cm³/mol. The maximum atomic E-state index is 11.9. The molecule has 1 amide bonds. The van der Waals surface area contributed by atoms with E-state index in [1.807, 2.05) is 12.1 Å². The molecular weight excluding hydrogens is 370 g/mol. The molecule has 2 heterocycles. The highest BCUT2D eigenvalue weighted by Crippen LogP contribution is 2.36. The molecule has 0 spiro atoms. The Morgan fingerprint density at radius 2 is 2.00 bits per heavy atom. The maximum absolute atomic E-state index is 11.9. The van der Waals surface area contributed by atoms with Crippen molar-refractivity contribution in [2.45, 2.75) is 63.1 Å². The molecule has 24 heavy (non-hydrogen) atoms. The van der Waals surface area contributed by atoms with Gasteiger partial charge in [-0.25, -0.2) is 4.98 Å². The van der Waals surface area contributed by atoms with E-state index in [1.54, 1.807) is 0 Å². The van der Waals surface area contributed by atoms with Crippen molar-refractivity contribution in [3.63, 3.8) is 0 Å². The fourth-order valence-electron chi connectivity index (χ4n) is 4.04. The van der Waals surface area contributed by atoms with E-state index in [-0.39, 0.29) is 18.1 Å². The van der Waals surface area contributed by atoms with E-state index in [1.165, 1.54) is 0 Å². The van der Waals surface area contributed by atoms with Crippen LogP contribution in [0.15, 0.2) is 22.7 Å². The van der Waals surface area contributed by atoms with Crippen LogP contribution in [0.4, 0.5) is 0 Å². The number of amides is 1. The molecule has 1 aromatic carbocycles. The number of nitrogens with zero attached hydrogens (tertiary/aromatic N) is 2. The van der Waals surface area contributed by atoms with E-state index in [9.17, 15) is 9.90 Å². The number of piperidine rings is 1. The van der Waals surface area contributed by atoms with Crippen LogP contribution in [0.3, 0.4) is 0 Å². The Hall–Kier alpha value is -1.40. The van der Waals surface area contributed by atoms with Crippen molar-refractivity contribution in [3.8, 4) is 0 Å². The van der Waals surface area contributed by atoms with Gasteiger partial charge in [0.1, 0.15) is 5.82 Å². The van der Waals surface area contributed by atoms with Crippen molar-refractivity contribution in [3.05, 3.63) is 28.5 Å².